The minimum Gasteiger partial charge on any atom is -0.455 e. The second-order valence-electron chi connectivity index (χ2n) is 15.7. The van der Waals surface area contributed by atoms with Crippen molar-refractivity contribution in [1.82, 2.24) is 9.97 Å². The Labute approximate surface area is 362 Å². The van der Waals surface area contributed by atoms with Crippen LogP contribution < -0.4 is 0 Å². The Morgan fingerprint density at radius 2 is 0.839 bits per heavy atom. The minimum atomic E-state index is 0.674. The van der Waals surface area contributed by atoms with Crippen molar-refractivity contribution in [2.75, 3.05) is 0 Å². The fraction of sp³-hybridized carbons (Fsp3) is 0. The van der Waals surface area contributed by atoms with E-state index in [4.69, 9.17) is 14.4 Å². The lowest BCUT2D eigenvalue weighted by atomic mass is 9.92. The number of aromatic nitrogens is 2. The maximum absolute atomic E-state index is 6.79. The van der Waals surface area contributed by atoms with Crippen LogP contribution in [-0.2, 0) is 0 Å². The van der Waals surface area contributed by atoms with Crippen LogP contribution in [0.2, 0.25) is 0 Å². The minimum absolute atomic E-state index is 0.674. The second kappa shape index (κ2) is 15.0. The number of nitrogens with zero attached hydrogens (tertiary/aromatic N) is 2. The zero-order chi connectivity index (χ0) is 41.0. The molecule has 0 bridgehead atoms. The molecule has 0 fully saturated rings. The van der Waals surface area contributed by atoms with E-state index in [-0.39, 0.29) is 0 Å². The molecule has 0 amide bonds. The first-order valence-corrected chi connectivity index (χ1v) is 21.7. The van der Waals surface area contributed by atoms with Crippen molar-refractivity contribution in [1.29, 1.82) is 0 Å². The van der Waals surface area contributed by atoms with Gasteiger partial charge in [-0.15, -0.1) is 11.3 Å². The van der Waals surface area contributed by atoms with E-state index in [2.05, 4.69) is 206 Å². The van der Waals surface area contributed by atoms with Gasteiger partial charge in [0.05, 0.1) is 11.4 Å². The van der Waals surface area contributed by atoms with Crippen LogP contribution in [0.5, 0.6) is 0 Å². The summed E-state index contributed by atoms with van der Waals surface area (Å²) in [6.07, 6.45) is 0. The molecule has 3 nitrogen and oxygen atoms in total. The third kappa shape index (κ3) is 6.28. The van der Waals surface area contributed by atoms with Crippen molar-refractivity contribution in [2.24, 2.45) is 0 Å². The van der Waals surface area contributed by atoms with Crippen LogP contribution in [0.25, 0.3) is 121 Å². The van der Waals surface area contributed by atoms with Gasteiger partial charge >= 0.3 is 0 Å². The summed E-state index contributed by atoms with van der Waals surface area (Å²) >= 11 is 1.85. The van der Waals surface area contributed by atoms with Crippen LogP contribution in [0.4, 0.5) is 0 Å². The Balaban J connectivity index is 0.996. The SMILES string of the molecule is c1ccc(-c2cc(-c3ccccc3)cc(-c3nc(-c4ccccc4)cc(-c4ccc(-c5ccc(-c6cccc7sc8ccccc8c67)c6c5oc5ccccc56)cc4)n3)c2)cc1. The van der Waals surface area contributed by atoms with Gasteiger partial charge in [-0.1, -0.05) is 170 Å². The highest BCUT2D eigenvalue weighted by molar-refractivity contribution is 7.25. The highest BCUT2D eigenvalue weighted by atomic mass is 32.1. The standard InChI is InChI=1S/C58H36N2OS/c1-4-15-37(16-5-1)42-33-43(38-17-6-2-7-18-38)35-44(34-42)58-59-50(40-19-8-3-9-20-40)36-51(60-58)41-29-27-39(28-30-41)45-31-32-47(56-48-21-10-12-24-52(48)61-57(45)56)46-23-14-26-54-55(46)49-22-11-13-25-53(49)62-54/h1-36H. The van der Waals surface area contributed by atoms with Crippen LogP contribution >= 0.6 is 11.3 Å². The molecule has 0 spiro atoms. The molecule has 3 heterocycles. The molecule has 0 radical (unpaired) electrons. The first-order valence-electron chi connectivity index (χ1n) is 20.9. The number of hydrogen-bond donors (Lipinski definition) is 0. The molecule has 4 heteroatoms. The summed E-state index contributed by atoms with van der Waals surface area (Å²) in [7, 11) is 0. The monoisotopic (exact) mass is 808 g/mol. The van der Waals surface area contributed by atoms with Crippen molar-refractivity contribution >= 4 is 53.4 Å². The van der Waals surface area contributed by atoms with Crippen LogP contribution in [0.1, 0.15) is 0 Å². The fourth-order valence-corrected chi connectivity index (χ4v) is 10.1. The lowest BCUT2D eigenvalue weighted by molar-refractivity contribution is 0.670. The van der Waals surface area contributed by atoms with Crippen LogP contribution in [0, 0.1) is 0 Å². The molecule has 3 aromatic heterocycles. The summed E-state index contributed by atoms with van der Waals surface area (Å²) in [5.74, 6) is 0.674. The second-order valence-corrected chi connectivity index (χ2v) is 16.8. The molecule has 0 aliphatic heterocycles. The Bertz CT molecular complexity index is 3550. The van der Waals surface area contributed by atoms with Crippen molar-refractivity contribution in [3.05, 3.63) is 218 Å². The summed E-state index contributed by atoms with van der Waals surface area (Å²) in [4.78, 5) is 10.5. The first kappa shape index (κ1) is 36.0. The summed E-state index contributed by atoms with van der Waals surface area (Å²) in [5, 5.41) is 4.82. The zero-order valence-corrected chi connectivity index (χ0v) is 34.3. The van der Waals surface area contributed by atoms with Crippen molar-refractivity contribution in [2.45, 2.75) is 0 Å². The van der Waals surface area contributed by atoms with Crippen molar-refractivity contribution in [3.8, 4) is 78.4 Å². The molecule has 0 atom stereocenters. The van der Waals surface area contributed by atoms with Gasteiger partial charge < -0.3 is 4.42 Å². The van der Waals surface area contributed by atoms with Crippen LogP contribution in [0.15, 0.2) is 223 Å². The summed E-state index contributed by atoms with van der Waals surface area (Å²) < 4.78 is 9.37. The smallest absolute Gasteiger partial charge is 0.160 e. The van der Waals surface area contributed by atoms with E-state index in [1.807, 2.05) is 23.5 Å². The summed E-state index contributed by atoms with van der Waals surface area (Å²) in [5.41, 5.74) is 15.5. The van der Waals surface area contributed by atoms with Gasteiger partial charge in [0.2, 0.25) is 0 Å². The predicted octanol–water partition coefficient (Wildman–Crippen LogP) is 16.4. The Morgan fingerprint density at radius 1 is 0.323 bits per heavy atom. The summed E-state index contributed by atoms with van der Waals surface area (Å²) in [6.45, 7) is 0. The van der Waals surface area contributed by atoms with Crippen LogP contribution in [-0.4, -0.2) is 9.97 Å². The zero-order valence-electron chi connectivity index (χ0n) is 33.5. The Hall–Kier alpha value is -7.92. The Kier molecular flexibility index (Phi) is 8.68. The normalized spacial score (nSPS) is 11.5. The van der Waals surface area contributed by atoms with E-state index in [0.29, 0.717) is 5.82 Å². The molecule has 290 valence electrons. The molecule has 0 N–H and O–H groups in total. The molecule has 0 unspecified atom stereocenters. The molecular formula is C58H36N2OS. The quantitative estimate of drug-likeness (QED) is 0.161. The highest BCUT2D eigenvalue weighted by Crippen LogP contribution is 2.46. The molecule has 0 aliphatic carbocycles. The van der Waals surface area contributed by atoms with Gasteiger partial charge in [0.25, 0.3) is 0 Å². The number of para-hydroxylation sites is 1. The maximum atomic E-state index is 6.79. The Morgan fingerprint density at radius 3 is 1.53 bits per heavy atom. The molecule has 12 rings (SSSR count). The maximum Gasteiger partial charge on any atom is 0.160 e. The van der Waals surface area contributed by atoms with E-state index < -0.39 is 0 Å². The van der Waals surface area contributed by atoms with E-state index in [0.717, 1.165) is 83.4 Å². The average molecular weight is 809 g/mol. The largest absolute Gasteiger partial charge is 0.455 e. The van der Waals surface area contributed by atoms with Gasteiger partial charge in [0.15, 0.2) is 5.82 Å². The third-order valence-corrected chi connectivity index (χ3v) is 13.0. The number of thiophene rings is 1. The number of fused-ring (bicyclic) bond motifs is 6. The predicted molar refractivity (Wildman–Crippen MR) is 260 cm³/mol. The number of rotatable bonds is 7. The van der Waals surface area contributed by atoms with Gasteiger partial charge in [-0.2, -0.15) is 0 Å². The number of benzene rings is 9. The third-order valence-electron chi connectivity index (χ3n) is 11.9. The fourth-order valence-electron chi connectivity index (χ4n) is 8.93. The molecule has 0 saturated carbocycles. The lowest BCUT2D eigenvalue weighted by Crippen LogP contribution is -1.97. The molecule has 0 saturated heterocycles. The van der Waals surface area contributed by atoms with E-state index in [9.17, 15) is 0 Å². The van der Waals surface area contributed by atoms with E-state index in [1.54, 1.807) is 0 Å². The van der Waals surface area contributed by atoms with Gasteiger partial charge in [-0.3, -0.25) is 0 Å². The molecule has 0 aliphatic rings. The molecule has 12 aromatic rings. The van der Waals surface area contributed by atoms with E-state index in [1.165, 1.54) is 31.3 Å². The number of hydrogen-bond acceptors (Lipinski definition) is 4. The van der Waals surface area contributed by atoms with E-state index >= 15 is 0 Å². The highest BCUT2D eigenvalue weighted by Gasteiger charge is 2.20. The molecular weight excluding hydrogens is 773 g/mol. The topological polar surface area (TPSA) is 38.9 Å². The number of furan rings is 1. The van der Waals surface area contributed by atoms with Crippen LogP contribution in [0.3, 0.4) is 0 Å². The molecule has 62 heavy (non-hydrogen) atoms. The first-order chi connectivity index (χ1) is 30.7. The lowest BCUT2D eigenvalue weighted by Gasteiger charge is -2.13. The van der Waals surface area contributed by atoms with Gasteiger partial charge in [0, 0.05) is 53.2 Å². The van der Waals surface area contributed by atoms with Crippen molar-refractivity contribution < 1.29 is 4.42 Å². The van der Waals surface area contributed by atoms with Gasteiger partial charge in [-0.25, -0.2) is 9.97 Å². The molecule has 9 aromatic carbocycles. The van der Waals surface area contributed by atoms with Gasteiger partial charge in [0.1, 0.15) is 11.2 Å². The van der Waals surface area contributed by atoms with Gasteiger partial charge in [-0.05, 0) is 87.5 Å². The average Bonchev–Trinajstić information content (AvgIpc) is 3.94. The van der Waals surface area contributed by atoms with Crippen molar-refractivity contribution in [3.63, 3.8) is 0 Å². The summed E-state index contributed by atoms with van der Waals surface area (Å²) in [6, 6.07) is 77.2.